The molecule has 4 aromatic rings. The van der Waals surface area contributed by atoms with E-state index in [9.17, 15) is 12.8 Å². The minimum Gasteiger partial charge on any atom is -0.367 e. The highest BCUT2D eigenvalue weighted by molar-refractivity contribution is 7.92. The number of likely N-dealkylation sites (N-methyl/N-ethyl adjacent to an activating group) is 1. The summed E-state index contributed by atoms with van der Waals surface area (Å²) >= 11 is 0. The predicted molar refractivity (Wildman–Crippen MR) is 141 cm³/mol. The topological polar surface area (TPSA) is 118 Å². The molecule has 0 saturated carbocycles. The molecule has 5 rings (SSSR count). The number of para-hydroxylation sites is 2. The molecule has 1 saturated heterocycles. The number of benzene rings is 2. The Hall–Kier alpha value is -3.90. The molecule has 0 atom stereocenters. The first-order chi connectivity index (χ1) is 17.2. The van der Waals surface area contributed by atoms with Crippen molar-refractivity contribution < 1.29 is 12.8 Å². The SMILES string of the molecule is CN1CCN(c2ccc(Nc3nc(Nc4ccccc4NS(C)(=O)=O)c4cc[nH]c4n3)cc2F)CC1. The third-order valence-corrected chi connectivity index (χ3v) is 6.53. The minimum atomic E-state index is -3.47. The number of sulfonamides is 1. The van der Waals surface area contributed by atoms with Gasteiger partial charge in [0.25, 0.3) is 0 Å². The second-order valence-electron chi connectivity index (χ2n) is 8.76. The van der Waals surface area contributed by atoms with Crippen molar-refractivity contribution in [1.29, 1.82) is 0 Å². The molecule has 0 bridgehead atoms. The van der Waals surface area contributed by atoms with E-state index in [1.165, 1.54) is 6.07 Å². The van der Waals surface area contributed by atoms with Gasteiger partial charge in [0.1, 0.15) is 17.3 Å². The molecule has 2 aromatic heterocycles. The van der Waals surface area contributed by atoms with E-state index in [1.807, 2.05) is 11.0 Å². The van der Waals surface area contributed by atoms with Crippen LogP contribution < -0.4 is 20.3 Å². The highest BCUT2D eigenvalue weighted by Crippen LogP contribution is 2.31. The number of rotatable bonds is 7. The third-order valence-electron chi connectivity index (χ3n) is 5.94. The fourth-order valence-electron chi connectivity index (χ4n) is 4.12. The number of hydrogen-bond donors (Lipinski definition) is 4. The van der Waals surface area contributed by atoms with E-state index in [4.69, 9.17) is 0 Å². The largest absolute Gasteiger partial charge is 0.367 e. The van der Waals surface area contributed by atoms with Crippen molar-refractivity contribution in [2.45, 2.75) is 0 Å². The third kappa shape index (κ3) is 5.34. The van der Waals surface area contributed by atoms with Crippen LogP contribution in [0.4, 0.5) is 38.9 Å². The molecule has 0 amide bonds. The van der Waals surface area contributed by atoms with E-state index >= 15 is 0 Å². The van der Waals surface area contributed by atoms with E-state index in [1.54, 1.807) is 42.6 Å². The van der Waals surface area contributed by atoms with Crippen molar-refractivity contribution in [3.05, 3.63) is 60.5 Å². The average molecular weight is 511 g/mol. The Kier molecular flexibility index (Phi) is 6.37. The van der Waals surface area contributed by atoms with Crippen molar-refractivity contribution in [1.82, 2.24) is 19.9 Å². The molecule has 3 heterocycles. The van der Waals surface area contributed by atoms with E-state index in [2.05, 4.69) is 42.3 Å². The summed E-state index contributed by atoms with van der Waals surface area (Å²) in [4.78, 5) is 16.4. The summed E-state index contributed by atoms with van der Waals surface area (Å²) in [6.45, 7) is 3.33. The van der Waals surface area contributed by atoms with Crippen LogP contribution in [-0.4, -0.2) is 67.8 Å². The predicted octanol–water partition coefficient (Wildman–Crippen LogP) is 3.71. The number of H-pyrrole nitrogens is 1. The van der Waals surface area contributed by atoms with Crippen LogP contribution in [0.25, 0.3) is 11.0 Å². The molecular formula is C24H27FN8O2S. The summed E-state index contributed by atoms with van der Waals surface area (Å²) in [5.41, 5.74) is 2.57. The zero-order valence-electron chi connectivity index (χ0n) is 19.9. The number of anilines is 6. The highest BCUT2D eigenvalue weighted by Gasteiger charge is 2.18. The number of piperazine rings is 1. The Balaban J connectivity index is 1.41. The first-order valence-electron chi connectivity index (χ1n) is 11.4. The fourth-order valence-corrected chi connectivity index (χ4v) is 4.70. The van der Waals surface area contributed by atoms with Gasteiger partial charge in [0.15, 0.2) is 0 Å². The summed E-state index contributed by atoms with van der Waals surface area (Å²) in [7, 11) is -1.41. The minimum absolute atomic E-state index is 0.257. The first kappa shape index (κ1) is 23.8. The molecule has 188 valence electrons. The lowest BCUT2D eigenvalue weighted by atomic mass is 10.2. The highest BCUT2D eigenvalue weighted by atomic mass is 32.2. The normalized spacial score (nSPS) is 14.7. The van der Waals surface area contributed by atoms with Gasteiger partial charge in [-0.2, -0.15) is 9.97 Å². The second kappa shape index (κ2) is 9.63. The number of halogens is 1. The number of aromatic nitrogens is 3. The summed E-state index contributed by atoms with van der Waals surface area (Å²) in [5, 5.41) is 6.99. The van der Waals surface area contributed by atoms with Gasteiger partial charge in [-0.1, -0.05) is 12.1 Å². The monoisotopic (exact) mass is 510 g/mol. The summed E-state index contributed by atoms with van der Waals surface area (Å²) in [6.07, 6.45) is 2.83. The van der Waals surface area contributed by atoms with Crippen LogP contribution in [0.5, 0.6) is 0 Å². The van der Waals surface area contributed by atoms with Crippen LogP contribution in [0, 0.1) is 5.82 Å². The van der Waals surface area contributed by atoms with Crippen molar-refractivity contribution >= 4 is 55.6 Å². The van der Waals surface area contributed by atoms with E-state index < -0.39 is 10.0 Å². The van der Waals surface area contributed by atoms with Gasteiger partial charge in [-0.25, -0.2) is 12.8 Å². The van der Waals surface area contributed by atoms with Gasteiger partial charge in [0.2, 0.25) is 16.0 Å². The number of nitrogens with one attached hydrogen (secondary N) is 4. The number of hydrogen-bond acceptors (Lipinski definition) is 8. The molecule has 10 nitrogen and oxygen atoms in total. The summed E-state index contributed by atoms with van der Waals surface area (Å²) in [6, 6.07) is 13.7. The Bertz CT molecular complexity index is 1500. The van der Waals surface area contributed by atoms with Crippen LogP contribution >= 0.6 is 0 Å². The lowest BCUT2D eigenvalue weighted by Crippen LogP contribution is -2.44. The lowest BCUT2D eigenvalue weighted by Gasteiger charge is -2.34. The molecule has 1 aliphatic heterocycles. The Labute approximate surface area is 208 Å². The zero-order chi connectivity index (χ0) is 25.3. The molecule has 36 heavy (non-hydrogen) atoms. The fraction of sp³-hybridized carbons (Fsp3) is 0.250. The van der Waals surface area contributed by atoms with Crippen LogP contribution in [0.15, 0.2) is 54.7 Å². The van der Waals surface area contributed by atoms with Gasteiger partial charge in [-0.15, -0.1) is 0 Å². The molecule has 0 spiro atoms. The molecule has 1 fully saturated rings. The van der Waals surface area contributed by atoms with Crippen LogP contribution in [0.2, 0.25) is 0 Å². The molecule has 0 radical (unpaired) electrons. The average Bonchev–Trinajstić information content (AvgIpc) is 3.29. The molecule has 0 unspecified atom stereocenters. The summed E-state index contributed by atoms with van der Waals surface area (Å²) < 4.78 is 41.0. The standard InChI is InChI=1S/C24H27FN8O2S/c1-32-11-13-33(14-12-32)21-8-7-16(15-18(21)25)27-24-29-22-17(9-10-26-22)23(30-24)28-19-5-3-4-6-20(19)31-36(2,34)35/h3-10,15,31H,11-14H2,1-2H3,(H3,26,27,28,29,30). The van der Waals surface area contributed by atoms with Gasteiger partial charge in [-0.05, 0) is 43.4 Å². The smallest absolute Gasteiger partial charge is 0.231 e. The summed E-state index contributed by atoms with van der Waals surface area (Å²) in [5.74, 6) is 0.401. The maximum absolute atomic E-state index is 15.0. The number of aromatic amines is 1. The molecular weight excluding hydrogens is 483 g/mol. The van der Waals surface area contributed by atoms with E-state index in [0.717, 1.165) is 32.4 Å². The first-order valence-corrected chi connectivity index (χ1v) is 13.3. The van der Waals surface area contributed by atoms with Crippen LogP contribution in [0.3, 0.4) is 0 Å². The maximum Gasteiger partial charge on any atom is 0.231 e. The van der Waals surface area contributed by atoms with Crippen LogP contribution in [-0.2, 0) is 10.0 Å². The van der Waals surface area contributed by atoms with Gasteiger partial charge in [0, 0.05) is 38.1 Å². The Morgan fingerprint density at radius 1 is 0.972 bits per heavy atom. The molecule has 4 N–H and O–H groups in total. The van der Waals surface area contributed by atoms with Gasteiger partial charge in [-0.3, -0.25) is 4.72 Å². The van der Waals surface area contributed by atoms with Gasteiger partial charge < -0.3 is 25.4 Å². The van der Waals surface area contributed by atoms with Crippen molar-refractivity contribution in [3.63, 3.8) is 0 Å². The van der Waals surface area contributed by atoms with Gasteiger partial charge in [0.05, 0.1) is 28.7 Å². The Morgan fingerprint density at radius 2 is 1.72 bits per heavy atom. The van der Waals surface area contributed by atoms with Crippen molar-refractivity contribution in [3.8, 4) is 0 Å². The molecule has 2 aromatic carbocycles. The van der Waals surface area contributed by atoms with Gasteiger partial charge >= 0.3 is 0 Å². The Morgan fingerprint density at radius 3 is 2.44 bits per heavy atom. The van der Waals surface area contributed by atoms with Crippen molar-refractivity contribution in [2.24, 2.45) is 0 Å². The maximum atomic E-state index is 15.0. The second-order valence-corrected chi connectivity index (χ2v) is 10.5. The zero-order valence-corrected chi connectivity index (χ0v) is 20.7. The van der Waals surface area contributed by atoms with E-state index in [0.29, 0.717) is 39.6 Å². The van der Waals surface area contributed by atoms with Crippen molar-refractivity contribution in [2.75, 3.05) is 59.7 Å². The number of fused-ring (bicyclic) bond motifs is 1. The van der Waals surface area contributed by atoms with E-state index in [-0.39, 0.29) is 11.8 Å². The molecule has 0 aliphatic carbocycles. The van der Waals surface area contributed by atoms with Crippen LogP contribution in [0.1, 0.15) is 0 Å². The lowest BCUT2D eigenvalue weighted by molar-refractivity contribution is 0.311. The quantitative estimate of drug-likeness (QED) is 0.297. The molecule has 1 aliphatic rings. The number of nitrogens with zero attached hydrogens (tertiary/aromatic N) is 4. The molecule has 12 heteroatoms.